The quantitative estimate of drug-likeness (QED) is 0.459. The molecule has 10 heteroatoms. The average Bonchev–Trinajstić information content (AvgIpc) is 2.76. The van der Waals surface area contributed by atoms with Crippen LogP contribution in [-0.2, 0) is 26.2 Å². The molecular weight excluding hydrogens is 522 g/mol. The van der Waals surface area contributed by atoms with Gasteiger partial charge in [-0.05, 0) is 69.7 Å². The molecule has 0 bridgehead atoms. The Bertz CT molecular complexity index is 1070. The number of sulfonamides is 1. The van der Waals surface area contributed by atoms with Crippen LogP contribution in [0.1, 0.15) is 33.3 Å². The lowest BCUT2D eigenvalue weighted by atomic mass is 10.1. The number of halogens is 1. The lowest BCUT2D eigenvalue weighted by molar-refractivity contribution is -0.139. The highest BCUT2D eigenvalue weighted by Crippen LogP contribution is 2.23. The maximum atomic E-state index is 13.5. The second-order valence-electron chi connectivity index (χ2n) is 8.18. The van der Waals surface area contributed by atoms with Gasteiger partial charge in [0.25, 0.3) is 0 Å². The lowest BCUT2D eigenvalue weighted by Crippen LogP contribution is -2.52. The van der Waals surface area contributed by atoms with E-state index in [0.717, 1.165) is 20.6 Å². The van der Waals surface area contributed by atoms with E-state index >= 15 is 0 Å². The van der Waals surface area contributed by atoms with Crippen molar-refractivity contribution >= 4 is 43.5 Å². The number of amides is 2. The molecule has 8 nitrogen and oxygen atoms in total. The number of nitrogens with zero attached hydrogens (tertiary/aromatic N) is 2. The summed E-state index contributed by atoms with van der Waals surface area (Å²) in [6.07, 6.45) is 1.05. The molecule has 0 unspecified atom stereocenters. The van der Waals surface area contributed by atoms with E-state index in [1.807, 2.05) is 45.0 Å². The summed E-state index contributed by atoms with van der Waals surface area (Å²) in [5.74, 6) is -0.206. The number of nitrogens with one attached hydrogen (secondary N) is 1. The Kier molecular flexibility index (Phi) is 9.93. The first-order chi connectivity index (χ1) is 15.9. The van der Waals surface area contributed by atoms with Crippen molar-refractivity contribution in [1.29, 1.82) is 0 Å². The molecular formula is C24H32BrN3O5S. The third kappa shape index (κ3) is 8.02. The summed E-state index contributed by atoms with van der Waals surface area (Å²) in [5.41, 5.74) is 1.15. The zero-order valence-corrected chi connectivity index (χ0v) is 22.5. The Labute approximate surface area is 210 Å². The number of benzene rings is 2. The number of hydrogen-bond donors (Lipinski definition) is 1. The van der Waals surface area contributed by atoms with E-state index in [-0.39, 0.29) is 18.5 Å². The molecule has 34 heavy (non-hydrogen) atoms. The third-order valence-electron chi connectivity index (χ3n) is 4.98. The van der Waals surface area contributed by atoms with Crippen LogP contribution in [0.3, 0.4) is 0 Å². The van der Waals surface area contributed by atoms with E-state index in [1.165, 1.54) is 4.90 Å². The Hall–Kier alpha value is -2.59. The van der Waals surface area contributed by atoms with Crippen molar-refractivity contribution in [2.45, 2.75) is 46.3 Å². The second kappa shape index (κ2) is 12.2. The number of hydrogen-bond acceptors (Lipinski definition) is 5. The third-order valence-corrected chi connectivity index (χ3v) is 6.65. The van der Waals surface area contributed by atoms with Crippen LogP contribution >= 0.6 is 15.9 Å². The van der Waals surface area contributed by atoms with Gasteiger partial charge < -0.3 is 15.0 Å². The molecule has 2 aromatic rings. The molecule has 1 N–H and O–H groups in total. The predicted molar refractivity (Wildman–Crippen MR) is 137 cm³/mol. The molecule has 0 aliphatic rings. The van der Waals surface area contributed by atoms with Crippen LogP contribution in [0.5, 0.6) is 5.75 Å². The zero-order valence-electron chi connectivity index (χ0n) is 20.1. The maximum absolute atomic E-state index is 13.5. The Morgan fingerprint density at radius 3 is 2.12 bits per heavy atom. The Morgan fingerprint density at radius 2 is 1.62 bits per heavy atom. The minimum atomic E-state index is -3.78. The van der Waals surface area contributed by atoms with Gasteiger partial charge in [-0.15, -0.1) is 0 Å². The van der Waals surface area contributed by atoms with Gasteiger partial charge in [-0.25, -0.2) is 8.42 Å². The fourth-order valence-corrected chi connectivity index (χ4v) is 4.38. The summed E-state index contributed by atoms with van der Waals surface area (Å²) in [5, 5.41) is 2.82. The molecule has 2 amide bonds. The SMILES string of the molecule is CCOc1ccc(N(CC(=O)N(Cc2ccc(Br)cc2)[C@@H](C)C(=O)NC(C)C)S(C)(=O)=O)cc1. The standard InChI is InChI=1S/C24H32BrN3O5S/c1-6-33-22-13-11-21(12-14-22)28(34(5,31)32)16-23(29)27(18(4)24(30)26-17(2)3)15-19-7-9-20(25)10-8-19/h7-14,17-18H,6,15-16H2,1-5H3,(H,26,30)/t18-/m0/s1. The van der Waals surface area contributed by atoms with Crippen LogP contribution in [0, 0.1) is 0 Å². The highest BCUT2D eigenvalue weighted by Gasteiger charge is 2.30. The van der Waals surface area contributed by atoms with Crippen molar-refractivity contribution in [2.75, 3.05) is 23.7 Å². The summed E-state index contributed by atoms with van der Waals surface area (Å²) >= 11 is 3.39. The Morgan fingerprint density at radius 1 is 1.03 bits per heavy atom. The monoisotopic (exact) mass is 553 g/mol. The van der Waals surface area contributed by atoms with Crippen molar-refractivity contribution in [1.82, 2.24) is 10.2 Å². The molecule has 2 aromatic carbocycles. The topological polar surface area (TPSA) is 96.0 Å². The first kappa shape index (κ1) is 27.7. The molecule has 0 saturated heterocycles. The molecule has 0 saturated carbocycles. The molecule has 186 valence electrons. The van der Waals surface area contributed by atoms with Crippen LogP contribution in [-0.4, -0.2) is 56.6 Å². The Balaban J connectivity index is 2.35. The summed E-state index contributed by atoms with van der Waals surface area (Å²) in [4.78, 5) is 27.6. The van der Waals surface area contributed by atoms with Gasteiger partial charge in [-0.2, -0.15) is 0 Å². The number of anilines is 1. The summed E-state index contributed by atoms with van der Waals surface area (Å²) in [6.45, 7) is 7.35. The predicted octanol–water partition coefficient (Wildman–Crippen LogP) is 3.56. The van der Waals surface area contributed by atoms with Gasteiger partial charge >= 0.3 is 0 Å². The van der Waals surface area contributed by atoms with Crippen molar-refractivity contribution in [3.8, 4) is 5.75 Å². The van der Waals surface area contributed by atoms with Gasteiger partial charge in [0.1, 0.15) is 18.3 Å². The fraction of sp³-hybridized carbons (Fsp3) is 0.417. The van der Waals surface area contributed by atoms with Crippen LogP contribution in [0.2, 0.25) is 0 Å². The zero-order chi connectivity index (χ0) is 25.5. The summed E-state index contributed by atoms with van der Waals surface area (Å²) < 4.78 is 32.5. The molecule has 2 rings (SSSR count). The summed E-state index contributed by atoms with van der Waals surface area (Å²) in [7, 11) is -3.78. The fourth-order valence-electron chi connectivity index (χ4n) is 3.26. The van der Waals surface area contributed by atoms with Gasteiger partial charge in [-0.3, -0.25) is 13.9 Å². The van der Waals surface area contributed by atoms with Crippen LogP contribution in [0.25, 0.3) is 0 Å². The molecule has 0 fully saturated rings. The highest BCUT2D eigenvalue weighted by atomic mass is 79.9. The normalized spacial score (nSPS) is 12.2. The molecule has 0 radical (unpaired) electrons. The minimum Gasteiger partial charge on any atom is -0.494 e. The first-order valence-corrected chi connectivity index (χ1v) is 13.6. The van der Waals surface area contributed by atoms with Crippen molar-refractivity contribution in [3.05, 3.63) is 58.6 Å². The molecule has 0 aliphatic carbocycles. The first-order valence-electron chi connectivity index (χ1n) is 11.0. The van der Waals surface area contributed by atoms with Gasteiger partial charge in [0, 0.05) is 17.1 Å². The average molecular weight is 555 g/mol. The number of rotatable bonds is 11. The van der Waals surface area contributed by atoms with E-state index < -0.39 is 28.5 Å². The number of ether oxygens (including phenoxy) is 1. The van der Waals surface area contributed by atoms with E-state index in [9.17, 15) is 18.0 Å². The number of carbonyl (C=O) groups excluding carboxylic acids is 2. The smallest absolute Gasteiger partial charge is 0.244 e. The molecule has 0 aromatic heterocycles. The highest BCUT2D eigenvalue weighted by molar-refractivity contribution is 9.10. The van der Waals surface area contributed by atoms with Crippen molar-refractivity contribution in [3.63, 3.8) is 0 Å². The van der Waals surface area contributed by atoms with E-state index in [2.05, 4.69) is 21.2 Å². The van der Waals surface area contributed by atoms with E-state index in [4.69, 9.17) is 4.74 Å². The lowest BCUT2D eigenvalue weighted by Gasteiger charge is -2.32. The van der Waals surface area contributed by atoms with Crippen molar-refractivity contribution < 1.29 is 22.7 Å². The minimum absolute atomic E-state index is 0.101. The largest absolute Gasteiger partial charge is 0.494 e. The number of carbonyl (C=O) groups is 2. The molecule has 0 spiro atoms. The molecule has 0 aliphatic heterocycles. The maximum Gasteiger partial charge on any atom is 0.244 e. The van der Waals surface area contributed by atoms with Gasteiger partial charge in [0.2, 0.25) is 21.8 Å². The van der Waals surface area contributed by atoms with Crippen LogP contribution < -0.4 is 14.4 Å². The summed E-state index contributed by atoms with van der Waals surface area (Å²) in [6, 6.07) is 13.0. The second-order valence-corrected chi connectivity index (χ2v) is 11.0. The molecule has 1 atom stereocenters. The van der Waals surface area contributed by atoms with E-state index in [1.54, 1.807) is 31.2 Å². The van der Waals surface area contributed by atoms with Crippen LogP contribution in [0.4, 0.5) is 5.69 Å². The van der Waals surface area contributed by atoms with Crippen molar-refractivity contribution in [2.24, 2.45) is 0 Å². The molecule has 0 heterocycles. The van der Waals surface area contributed by atoms with Gasteiger partial charge in [0.05, 0.1) is 18.6 Å². The van der Waals surface area contributed by atoms with E-state index in [0.29, 0.717) is 18.0 Å². The van der Waals surface area contributed by atoms with Gasteiger partial charge in [-0.1, -0.05) is 28.1 Å². The van der Waals surface area contributed by atoms with Crippen LogP contribution in [0.15, 0.2) is 53.0 Å². The van der Waals surface area contributed by atoms with Gasteiger partial charge in [0.15, 0.2) is 0 Å².